The van der Waals surface area contributed by atoms with Gasteiger partial charge >= 0.3 is 0 Å². The number of anilines is 1. The van der Waals surface area contributed by atoms with Crippen molar-refractivity contribution in [1.29, 1.82) is 0 Å². The second-order valence-corrected chi connectivity index (χ2v) is 11.0. The summed E-state index contributed by atoms with van der Waals surface area (Å²) in [4.78, 5) is 46.8. The van der Waals surface area contributed by atoms with Crippen LogP contribution in [-0.2, 0) is 13.0 Å². The maximum atomic E-state index is 13.9. The number of nitrogens with one attached hydrogen (secondary N) is 2. The molecule has 0 aliphatic carbocycles. The molecule has 9 nitrogen and oxygen atoms in total. The van der Waals surface area contributed by atoms with E-state index in [9.17, 15) is 14.4 Å². The van der Waals surface area contributed by atoms with Crippen molar-refractivity contribution in [3.8, 4) is 11.4 Å². The lowest BCUT2D eigenvalue weighted by atomic mass is 9.99. The summed E-state index contributed by atoms with van der Waals surface area (Å²) in [6, 6.07) is 14.3. The molecule has 2 aromatic heterocycles. The van der Waals surface area contributed by atoms with Crippen molar-refractivity contribution in [3.63, 3.8) is 0 Å². The van der Waals surface area contributed by atoms with Gasteiger partial charge in [-0.15, -0.1) is 11.3 Å². The first-order chi connectivity index (χ1) is 18.7. The topological polar surface area (TPSA) is 106 Å². The van der Waals surface area contributed by atoms with Crippen molar-refractivity contribution in [1.82, 2.24) is 19.8 Å². The van der Waals surface area contributed by atoms with Crippen molar-refractivity contribution < 1.29 is 14.3 Å². The van der Waals surface area contributed by atoms with Crippen LogP contribution >= 0.6 is 11.3 Å². The smallest absolute Gasteiger partial charge is 0.264 e. The number of hydrogen-bond donors (Lipinski definition) is 2. The fraction of sp³-hybridized carbons (Fsp3) is 0.310. The fourth-order valence-corrected chi connectivity index (χ4v) is 5.86. The highest BCUT2D eigenvalue weighted by Crippen LogP contribution is 2.32. The molecule has 0 bridgehead atoms. The fourth-order valence-electron chi connectivity index (χ4n) is 4.82. The number of carbonyl (C=O) groups is 2. The number of methoxy groups -OCH3 is 1. The van der Waals surface area contributed by atoms with Gasteiger partial charge in [-0.05, 0) is 81.1 Å². The zero-order chi connectivity index (χ0) is 27.8. The number of thiophene rings is 1. The molecule has 39 heavy (non-hydrogen) atoms. The van der Waals surface area contributed by atoms with E-state index in [1.54, 1.807) is 47.9 Å². The second kappa shape index (κ2) is 10.5. The van der Waals surface area contributed by atoms with Gasteiger partial charge in [0, 0.05) is 35.0 Å². The van der Waals surface area contributed by atoms with E-state index in [4.69, 9.17) is 9.72 Å². The van der Waals surface area contributed by atoms with Gasteiger partial charge < -0.3 is 20.3 Å². The number of fused-ring (bicyclic) bond motifs is 2. The van der Waals surface area contributed by atoms with E-state index in [1.807, 2.05) is 45.0 Å². The van der Waals surface area contributed by atoms with Gasteiger partial charge in [0.2, 0.25) is 5.95 Å². The Labute approximate surface area is 230 Å². The summed E-state index contributed by atoms with van der Waals surface area (Å²) in [5.41, 5.74) is 2.12. The average Bonchev–Trinajstić information content (AvgIpc) is 3.36. The minimum atomic E-state index is -0.200. The Bertz CT molecular complexity index is 1620. The Morgan fingerprint density at radius 1 is 1.13 bits per heavy atom. The Morgan fingerprint density at radius 2 is 1.87 bits per heavy atom. The lowest BCUT2D eigenvalue weighted by Crippen LogP contribution is -2.46. The molecule has 0 fully saturated rings. The van der Waals surface area contributed by atoms with Crippen molar-refractivity contribution in [3.05, 3.63) is 80.6 Å². The number of benzene rings is 2. The van der Waals surface area contributed by atoms with Crippen LogP contribution in [0.4, 0.5) is 5.95 Å². The third-order valence-electron chi connectivity index (χ3n) is 6.85. The lowest BCUT2D eigenvalue weighted by Gasteiger charge is -2.34. The Kier molecular flexibility index (Phi) is 7.14. The van der Waals surface area contributed by atoms with Crippen LogP contribution < -0.4 is 20.9 Å². The summed E-state index contributed by atoms with van der Waals surface area (Å²) in [6.45, 7) is 6.14. The second-order valence-electron chi connectivity index (χ2n) is 9.93. The molecule has 10 heteroatoms. The quantitative estimate of drug-likeness (QED) is 0.376. The summed E-state index contributed by atoms with van der Waals surface area (Å²) in [5, 5.41) is 6.88. The molecular formula is C29H31N5O4S. The first kappa shape index (κ1) is 26.4. The molecule has 0 spiro atoms. The highest BCUT2D eigenvalue weighted by Gasteiger charge is 2.32. The van der Waals surface area contributed by atoms with Gasteiger partial charge in [-0.25, -0.2) is 9.55 Å². The normalized spacial score (nSPS) is 14.8. The van der Waals surface area contributed by atoms with E-state index < -0.39 is 0 Å². The molecule has 4 aromatic rings. The van der Waals surface area contributed by atoms with E-state index in [0.29, 0.717) is 39.8 Å². The van der Waals surface area contributed by atoms with Gasteiger partial charge in [-0.3, -0.25) is 14.4 Å². The van der Waals surface area contributed by atoms with Gasteiger partial charge in [-0.2, -0.15) is 0 Å². The van der Waals surface area contributed by atoms with Gasteiger partial charge in [0.1, 0.15) is 5.75 Å². The largest absolute Gasteiger partial charge is 0.497 e. The summed E-state index contributed by atoms with van der Waals surface area (Å²) in [7, 11) is 3.20. The van der Waals surface area contributed by atoms with Gasteiger partial charge in [0.05, 0.1) is 29.9 Å². The van der Waals surface area contributed by atoms with E-state index in [1.165, 1.54) is 11.3 Å². The average molecular weight is 546 g/mol. The van der Waals surface area contributed by atoms with Gasteiger partial charge in [0.25, 0.3) is 17.4 Å². The zero-order valence-electron chi connectivity index (χ0n) is 22.6. The maximum absolute atomic E-state index is 13.9. The van der Waals surface area contributed by atoms with Crippen molar-refractivity contribution in [2.45, 2.75) is 45.8 Å². The Hall–Kier alpha value is -4.18. The first-order valence-corrected chi connectivity index (χ1v) is 13.6. The number of aromatic nitrogens is 2. The number of hydrogen-bond acceptors (Lipinski definition) is 7. The summed E-state index contributed by atoms with van der Waals surface area (Å²) < 4.78 is 7.86. The Morgan fingerprint density at radius 3 is 2.54 bits per heavy atom. The highest BCUT2D eigenvalue weighted by atomic mass is 32.1. The van der Waals surface area contributed by atoms with E-state index >= 15 is 0 Å². The molecular weight excluding hydrogens is 514 g/mol. The number of amides is 2. The van der Waals surface area contributed by atoms with Crippen LogP contribution in [0.1, 0.15) is 52.1 Å². The van der Waals surface area contributed by atoms with E-state index in [2.05, 4.69) is 10.6 Å². The third-order valence-corrected chi connectivity index (χ3v) is 7.93. The minimum absolute atomic E-state index is 0.0159. The standard InChI is InChI=1S/C29H31N5O4S/c1-16(2)31-29-32-23-15-33(28(37)25-13-19-8-11-21(38-5)14-24(19)39-25)17(3)12-22(23)27(36)34(29)20-9-6-18(7-10-20)26(35)30-4/h6-11,13-14,16-17H,12,15H2,1-5H3,(H,30,35)(H,31,32)/t17-/m1/s1. The number of nitrogens with zero attached hydrogens (tertiary/aromatic N) is 3. The molecule has 0 radical (unpaired) electrons. The minimum Gasteiger partial charge on any atom is -0.497 e. The van der Waals surface area contributed by atoms with Crippen molar-refractivity contribution in [2.75, 3.05) is 19.5 Å². The van der Waals surface area contributed by atoms with Crippen LogP contribution in [-0.4, -0.2) is 52.5 Å². The molecule has 2 aromatic carbocycles. The number of carbonyl (C=O) groups excluding carboxylic acids is 2. The van der Waals surface area contributed by atoms with Crippen LogP contribution in [0.25, 0.3) is 15.8 Å². The molecule has 1 atom stereocenters. The van der Waals surface area contributed by atoms with E-state index in [0.717, 1.165) is 15.8 Å². The highest BCUT2D eigenvalue weighted by molar-refractivity contribution is 7.20. The lowest BCUT2D eigenvalue weighted by molar-refractivity contribution is 0.0658. The molecule has 0 saturated heterocycles. The van der Waals surface area contributed by atoms with Crippen LogP contribution in [0, 0.1) is 0 Å². The molecule has 0 unspecified atom stereocenters. The molecule has 2 N–H and O–H groups in total. The molecule has 202 valence electrons. The van der Waals surface area contributed by atoms with Crippen LogP contribution in [0.15, 0.2) is 53.3 Å². The predicted molar refractivity (Wildman–Crippen MR) is 153 cm³/mol. The van der Waals surface area contributed by atoms with Crippen LogP contribution in [0.2, 0.25) is 0 Å². The van der Waals surface area contributed by atoms with Crippen LogP contribution in [0.3, 0.4) is 0 Å². The number of ether oxygens (including phenoxy) is 1. The summed E-state index contributed by atoms with van der Waals surface area (Å²) in [5.74, 6) is 0.867. The first-order valence-electron chi connectivity index (χ1n) is 12.8. The SMILES string of the molecule is CNC(=O)c1ccc(-n2c(NC(C)C)nc3c(c2=O)C[C@@H](C)N(C(=O)c2cc4ccc(OC)cc4s2)C3)cc1. The maximum Gasteiger partial charge on any atom is 0.264 e. The van der Waals surface area contributed by atoms with Crippen LogP contribution in [0.5, 0.6) is 5.75 Å². The summed E-state index contributed by atoms with van der Waals surface area (Å²) >= 11 is 1.43. The van der Waals surface area contributed by atoms with E-state index in [-0.39, 0.29) is 36.0 Å². The van der Waals surface area contributed by atoms with Crippen molar-refractivity contribution >= 4 is 39.2 Å². The van der Waals surface area contributed by atoms with Gasteiger partial charge in [0.15, 0.2) is 0 Å². The molecule has 0 saturated carbocycles. The monoisotopic (exact) mass is 545 g/mol. The Balaban J connectivity index is 1.52. The third kappa shape index (κ3) is 4.99. The molecule has 3 heterocycles. The molecule has 1 aliphatic rings. The molecule has 5 rings (SSSR count). The summed E-state index contributed by atoms with van der Waals surface area (Å²) in [6.07, 6.45) is 0.393. The molecule has 1 aliphatic heterocycles. The molecule has 2 amide bonds. The van der Waals surface area contributed by atoms with Gasteiger partial charge in [-0.1, -0.05) is 0 Å². The zero-order valence-corrected chi connectivity index (χ0v) is 23.4. The predicted octanol–water partition coefficient (Wildman–Crippen LogP) is 4.22. The number of rotatable bonds is 6. The van der Waals surface area contributed by atoms with Crippen molar-refractivity contribution in [2.24, 2.45) is 0 Å².